The molecule has 2 aromatic carbocycles. The van der Waals surface area contributed by atoms with E-state index >= 15 is 0 Å². The highest BCUT2D eigenvalue weighted by atomic mass is 16.7. The molecule has 31 heavy (non-hydrogen) atoms. The number of imidazole rings is 1. The molecule has 0 saturated heterocycles. The van der Waals surface area contributed by atoms with Crippen molar-refractivity contribution in [2.75, 3.05) is 19.9 Å². The molecule has 11 heteroatoms. The third kappa shape index (κ3) is 4.56. The second-order valence-corrected chi connectivity index (χ2v) is 6.62. The zero-order chi connectivity index (χ0) is 21.8. The topological polar surface area (TPSA) is 138 Å². The van der Waals surface area contributed by atoms with Crippen LogP contribution in [-0.4, -0.2) is 51.5 Å². The van der Waals surface area contributed by atoms with Crippen LogP contribution in [0.2, 0.25) is 0 Å². The molecule has 4 rings (SSSR count). The van der Waals surface area contributed by atoms with Crippen molar-refractivity contribution in [1.82, 2.24) is 14.9 Å². The lowest BCUT2D eigenvalue weighted by Gasteiger charge is -2.14. The zero-order valence-corrected chi connectivity index (χ0v) is 16.1. The Hall–Kier alpha value is -4.12. The fourth-order valence-corrected chi connectivity index (χ4v) is 2.96. The number of nitro groups is 1. The van der Waals surface area contributed by atoms with Gasteiger partial charge >= 0.3 is 0 Å². The van der Waals surface area contributed by atoms with Crippen molar-refractivity contribution in [1.29, 1.82) is 0 Å². The summed E-state index contributed by atoms with van der Waals surface area (Å²) in [6.07, 6.45) is 3.50. The largest absolute Gasteiger partial charge is 0.491 e. The second kappa shape index (κ2) is 8.71. The maximum absolute atomic E-state index is 12.4. The van der Waals surface area contributed by atoms with Gasteiger partial charge < -0.3 is 29.2 Å². The van der Waals surface area contributed by atoms with Gasteiger partial charge in [0.1, 0.15) is 24.1 Å². The van der Waals surface area contributed by atoms with E-state index in [0.717, 1.165) is 0 Å². The molecule has 2 N–H and O–H groups in total. The van der Waals surface area contributed by atoms with E-state index in [-0.39, 0.29) is 36.9 Å². The van der Waals surface area contributed by atoms with Crippen LogP contribution in [0.4, 0.5) is 5.69 Å². The van der Waals surface area contributed by atoms with E-state index in [1.165, 1.54) is 35.3 Å². The predicted molar refractivity (Wildman–Crippen MR) is 107 cm³/mol. The van der Waals surface area contributed by atoms with Crippen LogP contribution in [0.5, 0.6) is 17.2 Å². The molecule has 1 atom stereocenters. The first kappa shape index (κ1) is 20.2. The number of ether oxygens (including phenoxy) is 3. The van der Waals surface area contributed by atoms with Crippen LogP contribution in [0.25, 0.3) is 5.69 Å². The molecule has 0 radical (unpaired) electrons. The van der Waals surface area contributed by atoms with Crippen LogP contribution in [0, 0.1) is 10.1 Å². The highest BCUT2D eigenvalue weighted by Crippen LogP contribution is 2.35. The summed E-state index contributed by atoms with van der Waals surface area (Å²) in [6.45, 7) is -0.0189. The number of rotatable bonds is 8. The lowest BCUT2D eigenvalue weighted by molar-refractivity contribution is -0.384. The Bertz CT molecular complexity index is 1100. The molecule has 1 unspecified atom stereocenters. The molecule has 0 spiro atoms. The van der Waals surface area contributed by atoms with Crippen molar-refractivity contribution in [3.05, 3.63) is 70.8 Å². The van der Waals surface area contributed by atoms with Crippen LogP contribution >= 0.6 is 0 Å². The summed E-state index contributed by atoms with van der Waals surface area (Å²) in [7, 11) is 0. The van der Waals surface area contributed by atoms with Crippen LogP contribution in [0.3, 0.4) is 0 Å². The summed E-state index contributed by atoms with van der Waals surface area (Å²) in [6, 6.07) is 9.14. The quantitative estimate of drug-likeness (QED) is 0.410. The Morgan fingerprint density at radius 3 is 2.90 bits per heavy atom. The average Bonchev–Trinajstić information content (AvgIpc) is 3.47. The number of aliphatic hydroxyl groups excluding tert-OH is 1. The van der Waals surface area contributed by atoms with E-state index in [0.29, 0.717) is 17.2 Å². The molecular formula is C20H18N4O7. The third-order valence-electron chi connectivity index (χ3n) is 4.50. The van der Waals surface area contributed by atoms with Crippen molar-refractivity contribution in [3.8, 4) is 22.9 Å². The first-order chi connectivity index (χ1) is 15.0. The first-order valence-electron chi connectivity index (χ1n) is 9.27. The fraction of sp³-hybridized carbons (Fsp3) is 0.200. The van der Waals surface area contributed by atoms with Gasteiger partial charge in [-0.2, -0.15) is 0 Å². The third-order valence-corrected chi connectivity index (χ3v) is 4.50. The summed E-state index contributed by atoms with van der Waals surface area (Å²) in [5, 5.41) is 24.1. The molecule has 3 aromatic rings. The molecule has 1 aliphatic heterocycles. The molecule has 0 saturated carbocycles. The number of aliphatic hydroxyl groups is 1. The first-order valence-corrected chi connectivity index (χ1v) is 9.27. The summed E-state index contributed by atoms with van der Waals surface area (Å²) in [5.74, 6) is 1.11. The Labute approximate surface area is 176 Å². The number of nitro benzene ring substituents is 1. The van der Waals surface area contributed by atoms with Crippen molar-refractivity contribution < 1.29 is 29.0 Å². The van der Waals surface area contributed by atoms with Gasteiger partial charge in [-0.1, -0.05) is 0 Å². The van der Waals surface area contributed by atoms with Gasteiger partial charge in [0.15, 0.2) is 11.5 Å². The number of amides is 1. The lowest BCUT2D eigenvalue weighted by Crippen LogP contribution is -2.35. The fourth-order valence-electron chi connectivity index (χ4n) is 2.96. The predicted octanol–water partition coefficient (Wildman–Crippen LogP) is 1.68. The second-order valence-electron chi connectivity index (χ2n) is 6.62. The summed E-state index contributed by atoms with van der Waals surface area (Å²) in [4.78, 5) is 27.1. The van der Waals surface area contributed by atoms with Crippen LogP contribution in [-0.2, 0) is 0 Å². The van der Waals surface area contributed by atoms with Gasteiger partial charge in [-0.05, 0) is 24.3 Å². The molecule has 1 aromatic heterocycles. The zero-order valence-electron chi connectivity index (χ0n) is 16.1. The minimum atomic E-state index is -0.991. The molecule has 0 bridgehead atoms. The Kier molecular flexibility index (Phi) is 5.67. The maximum Gasteiger partial charge on any atom is 0.294 e. The number of carbonyl (C=O) groups is 1. The minimum Gasteiger partial charge on any atom is -0.491 e. The van der Waals surface area contributed by atoms with E-state index in [1.807, 2.05) is 0 Å². The van der Waals surface area contributed by atoms with Gasteiger partial charge in [0.2, 0.25) is 6.79 Å². The van der Waals surface area contributed by atoms with Gasteiger partial charge in [-0.3, -0.25) is 14.9 Å². The van der Waals surface area contributed by atoms with E-state index < -0.39 is 16.9 Å². The van der Waals surface area contributed by atoms with Crippen molar-refractivity contribution in [2.24, 2.45) is 0 Å². The van der Waals surface area contributed by atoms with E-state index in [1.54, 1.807) is 24.4 Å². The summed E-state index contributed by atoms with van der Waals surface area (Å²) < 4.78 is 17.5. The van der Waals surface area contributed by atoms with E-state index in [4.69, 9.17) is 14.2 Å². The number of nitrogens with zero attached hydrogens (tertiary/aromatic N) is 3. The van der Waals surface area contributed by atoms with Gasteiger partial charge in [-0.15, -0.1) is 0 Å². The molecule has 2 heterocycles. The number of fused-ring (bicyclic) bond motifs is 1. The number of hydrogen-bond acceptors (Lipinski definition) is 8. The van der Waals surface area contributed by atoms with Crippen molar-refractivity contribution in [3.63, 3.8) is 0 Å². The Balaban J connectivity index is 1.34. The monoisotopic (exact) mass is 426 g/mol. The summed E-state index contributed by atoms with van der Waals surface area (Å²) >= 11 is 0. The van der Waals surface area contributed by atoms with Gasteiger partial charge in [-0.25, -0.2) is 4.98 Å². The highest BCUT2D eigenvalue weighted by Gasteiger charge is 2.19. The van der Waals surface area contributed by atoms with Crippen LogP contribution in [0.15, 0.2) is 55.1 Å². The van der Waals surface area contributed by atoms with Crippen LogP contribution < -0.4 is 19.5 Å². The summed E-state index contributed by atoms with van der Waals surface area (Å²) in [5.41, 5.74) is 0.146. The van der Waals surface area contributed by atoms with Gasteiger partial charge in [0, 0.05) is 36.6 Å². The van der Waals surface area contributed by atoms with Gasteiger partial charge in [0.05, 0.1) is 11.3 Å². The molecule has 0 aliphatic carbocycles. The van der Waals surface area contributed by atoms with Crippen molar-refractivity contribution >= 4 is 11.6 Å². The molecule has 1 aliphatic rings. The Morgan fingerprint density at radius 1 is 1.29 bits per heavy atom. The molecular weight excluding hydrogens is 408 g/mol. The maximum atomic E-state index is 12.4. The van der Waals surface area contributed by atoms with Crippen molar-refractivity contribution in [2.45, 2.75) is 6.10 Å². The minimum absolute atomic E-state index is 0.0698. The average molecular weight is 426 g/mol. The smallest absolute Gasteiger partial charge is 0.294 e. The number of carbonyl (C=O) groups excluding carboxylic acids is 1. The lowest BCUT2D eigenvalue weighted by atomic mass is 10.1. The number of aromatic nitrogens is 2. The highest BCUT2D eigenvalue weighted by molar-refractivity contribution is 5.95. The standard InChI is InChI=1S/C20H18N4O7/c25-14(10-29-15-2-4-18-19(8-15)31-12-30-18)9-22-20(26)13-1-3-16(17(7-13)24(27)28)23-6-5-21-11-23/h1-8,11,14,25H,9-10,12H2,(H,22,26). The van der Waals surface area contributed by atoms with E-state index in [2.05, 4.69) is 10.3 Å². The number of benzene rings is 2. The van der Waals surface area contributed by atoms with Crippen LogP contribution in [0.1, 0.15) is 10.4 Å². The molecule has 11 nitrogen and oxygen atoms in total. The van der Waals surface area contributed by atoms with Gasteiger partial charge in [0.25, 0.3) is 11.6 Å². The molecule has 0 fully saturated rings. The number of nitrogens with one attached hydrogen (secondary N) is 1. The Morgan fingerprint density at radius 2 is 2.13 bits per heavy atom. The molecule has 160 valence electrons. The normalized spacial score (nSPS) is 12.9. The molecule has 1 amide bonds. The van der Waals surface area contributed by atoms with E-state index in [9.17, 15) is 20.0 Å². The number of hydrogen-bond donors (Lipinski definition) is 2. The SMILES string of the molecule is O=C(NCC(O)COc1ccc2c(c1)OCO2)c1ccc(-n2ccnc2)c([N+](=O)[O-])c1.